The van der Waals surface area contributed by atoms with E-state index in [9.17, 15) is 12.8 Å². The molecule has 0 amide bonds. The van der Waals surface area contributed by atoms with Crippen LogP contribution in [0.2, 0.25) is 0 Å². The van der Waals surface area contributed by atoms with Gasteiger partial charge in [-0.3, -0.25) is 0 Å². The van der Waals surface area contributed by atoms with Crippen molar-refractivity contribution in [1.29, 1.82) is 0 Å². The molecular formula is C24H24FN2O3S+. The highest BCUT2D eigenvalue weighted by molar-refractivity contribution is 7.91. The maximum atomic E-state index is 14.4. The Labute approximate surface area is 182 Å². The molecule has 2 aliphatic heterocycles. The molecule has 0 N–H and O–H groups in total. The van der Waals surface area contributed by atoms with Crippen LogP contribution in [0.4, 0.5) is 4.39 Å². The summed E-state index contributed by atoms with van der Waals surface area (Å²) in [7, 11) is -3.84. The number of rotatable bonds is 8. The summed E-state index contributed by atoms with van der Waals surface area (Å²) in [6.07, 6.45) is 13.4. The fourth-order valence-electron chi connectivity index (χ4n) is 3.56. The Morgan fingerprint density at radius 2 is 1.81 bits per heavy atom. The van der Waals surface area contributed by atoms with Crippen molar-refractivity contribution in [3.63, 3.8) is 0 Å². The van der Waals surface area contributed by atoms with Crippen LogP contribution < -0.4 is 4.74 Å². The molecule has 0 radical (unpaired) electrons. The average Bonchev–Trinajstić information content (AvgIpc) is 3.19. The monoisotopic (exact) mass is 439 g/mol. The molecule has 7 heteroatoms. The first-order valence-electron chi connectivity index (χ1n) is 10.2. The predicted octanol–water partition coefficient (Wildman–Crippen LogP) is 5.12. The zero-order valence-electron chi connectivity index (χ0n) is 17.2. The molecule has 1 atom stereocenters. The van der Waals surface area contributed by atoms with Crippen LogP contribution in [-0.2, 0) is 16.4 Å². The van der Waals surface area contributed by atoms with Gasteiger partial charge in [0.1, 0.15) is 18.9 Å². The van der Waals surface area contributed by atoms with Gasteiger partial charge >= 0.3 is 0 Å². The van der Waals surface area contributed by atoms with Crippen LogP contribution in [0.25, 0.3) is 0 Å². The summed E-state index contributed by atoms with van der Waals surface area (Å²) in [4.78, 5) is 4.42. The van der Waals surface area contributed by atoms with E-state index in [-0.39, 0.29) is 15.5 Å². The Bertz CT molecular complexity index is 1200. The largest absolute Gasteiger partial charge is 0.491 e. The van der Waals surface area contributed by atoms with Crippen LogP contribution in [-0.4, -0.2) is 25.3 Å². The van der Waals surface area contributed by atoms with Crippen molar-refractivity contribution in [1.82, 2.24) is 0 Å². The minimum Gasteiger partial charge on any atom is -0.491 e. The van der Waals surface area contributed by atoms with E-state index in [1.54, 1.807) is 30.5 Å². The van der Waals surface area contributed by atoms with E-state index in [0.717, 1.165) is 30.3 Å². The number of hydrogen-bond donors (Lipinski definition) is 0. The molecule has 5 nitrogen and oxygen atoms in total. The Balaban J connectivity index is 1.53. The van der Waals surface area contributed by atoms with E-state index in [2.05, 4.69) is 4.99 Å². The van der Waals surface area contributed by atoms with Gasteiger partial charge < -0.3 is 4.74 Å². The third-order valence-electron chi connectivity index (χ3n) is 5.32. The highest BCUT2D eigenvalue weighted by Gasteiger charge is 2.33. The molecule has 0 bridgehead atoms. The van der Waals surface area contributed by atoms with Crippen molar-refractivity contribution >= 4 is 15.7 Å². The van der Waals surface area contributed by atoms with Crippen molar-refractivity contribution in [3.05, 3.63) is 90.7 Å². The molecule has 1 unspecified atom stereocenters. The first kappa shape index (κ1) is 21.2. The first-order chi connectivity index (χ1) is 14.9. The number of fused-ring (bicyclic) bond motifs is 1. The molecule has 2 aliphatic rings. The maximum absolute atomic E-state index is 14.4. The Kier molecular flexibility index (Phi) is 5.89. The maximum Gasteiger partial charge on any atom is 0.237 e. The van der Waals surface area contributed by atoms with Crippen LogP contribution in [0.5, 0.6) is 5.75 Å². The molecule has 0 spiro atoms. The van der Waals surface area contributed by atoms with Crippen LogP contribution in [0, 0.1) is 5.82 Å². The van der Waals surface area contributed by atoms with E-state index in [4.69, 9.17) is 4.74 Å². The Morgan fingerprint density at radius 1 is 1.03 bits per heavy atom. The number of ether oxygens (including phenoxy) is 1. The number of aliphatic imine (C=N–C) groups is 1. The predicted molar refractivity (Wildman–Crippen MR) is 118 cm³/mol. The second kappa shape index (κ2) is 8.61. The third-order valence-corrected chi connectivity index (χ3v) is 7.09. The molecule has 0 aliphatic carbocycles. The van der Waals surface area contributed by atoms with Gasteiger partial charge in [0.05, 0.1) is 22.6 Å². The van der Waals surface area contributed by atoms with Crippen molar-refractivity contribution in [2.24, 2.45) is 4.99 Å². The zero-order valence-corrected chi connectivity index (χ0v) is 18.1. The molecular weight excluding hydrogens is 415 g/mol. The lowest BCUT2D eigenvalue weighted by atomic mass is 10.1. The lowest BCUT2D eigenvalue weighted by molar-refractivity contribution is -0.743. The highest BCUT2D eigenvalue weighted by atomic mass is 32.2. The van der Waals surface area contributed by atoms with E-state index >= 15 is 0 Å². The first-order valence-corrected chi connectivity index (χ1v) is 11.7. The summed E-state index contributed by atoms with van der Waals surface area (Å²) < 4.78 is 46.1. The Morgan fingerprint density at radius 3 is 2.55 bits per heavy atom. The van der Waals surface area contributed by atoms with Crippen molar-refractivity contribution in [2.75, 3.05) is 6.61 Å². The highest BCUT2D eigenvalue weighted by Crippen LogP contribution is 2.29. The topological polar surface area (TPSA) is 55.7 Å². The van der Waals surface area contributed by atoms with Crippen molar-refractivity contribution in [2.45, 2.75) is 36.1 Å². The lowest BCUT2D eigenvalue weighted by Crippen LogP contribution is -2.40. The van der Waals surface area contributed by atoms with Gasteiger partial charge in [-0.05, 0) is 48.9 Å². The van der Waals surface area contributed by atoms with Gasteiger partial charge in [-0.1, -0.05) is 25.5 Å². The zero-order chi connectivity index (χ0) is 21.9. The lowest BCUT2D eigenvalue weighted by Gasteiger charge is -2.28. The Hall–Kier alpha value is -3.03. The fraction of sp³-hybridized carbons (Fsp3) is 0.208. The molecule has 31 heavy (non-hydrogen) atoms. The van der Waals surface area contributed by atoms with Gasteiger partial charge in [-0.25, -0.2) is 17.3 Å². The molecule has 2 aromatic carbocycles. The van der Waals surface area contributed by atoms with Crippen LogP contribution >= 0.6 is 0 Å². The number of benzene rings is 2. The van der Waals surface area contributed by atoms with Gasteiger partial charge in [0.2, 0.25) is 15.7 Å². The number of nitrogens with zero attached hydrogens (tertiary/aromatic N) is 2. The number of unbranched alkanes of at least 4 members (excludes halogenated alkanes) is 1. The second-order valence-corrected chi connectivity index (χ2v) is 9.47. The standard InChI is InChI=1S/C24H24FN2O3S/c1-2-3-16-30-23-12-11-21(17-22(23)25)31(28,29)20-9-7-19(8-10-20)18-27-14-5-4-6-24(27)26-13-15-27/h4-15,17H,2-3,16,18H2,1H3/q+1. The van der Waals surface area contributed by atoms with Gasteiger partial charge in [0, 0.05) is 11.6 Å². The number of allylic oxidation sites excluding steroid dienone is 2. The molecule has 2 aromatic rings. The molecule has 160 valence electrons. The summed E-state index contributed by atoms with van der Waals surface area (Å²) in [6, 6.07) is 10.5. The third kappa shape index (κ3) is 4.24. The van der Waals surface area contributed by atoms with Crippen LogP contribution in [0.15, 0.2) is 94.1 Å². The summed E-state index contributed by atoms with van der Waals surface area (Å²) in [5.41, 5.74) is 0.962. The van der Waals surface area contributed by atoms with Gasteiger partial charge in [0.15, 0.2) is 11.6 Å². The minimum absolute atomic E-state index is 0.0662. The van der Waals surface area contributed by atoms with E-state index in [1.165, 1.54) is 12.1 Å². The van der Waals surface area contributed by atoms with E-state index < -0.39 is 15.7 Å². The van der Waals surface area contributed by atoms with Crippen molar-refractivity contribution < 1.29 is 22.0 Å². The molecule has 2 heterocycles. The molecule has 4 rings (SSSR count). The number of sulfone groups is 1. The van der Waals surface area contributed by atoms with Gasteiger partial charge in [-0.15, -0.1) is 0 Å². The normalized spacial score (nSPS) is 19.4. The fourth-order valence-corrected chi connectivity index (χ4v) is 4.83. The minimum atomic E-state index is -3.84. The van der Waals surface area contributed by atoms with Crippen molar-refractivity contribution in [3.8, 4) is 5.75 Å². The van der Waals surface area contributed by atoms with Gasteiger partial charge in [0.25, 0.3) is 0 Å². The summed E-state index contributed by atoms with van der Waals surface area (Å²) >= 11 is 0. The SMILES string of the molecule is CCCCOc1ccc(S(=O)(=O)c2ccc(C[N+]34C=CC=CC3=NC=C4)cc2)cc1F. The summed E-state index contributed by atoms with van der Waals surface area (Å²) in [5, 5.41) is 0. The smallest absolute Gasteiger partial charge is 0.237 e. The van der Waals surface area contributed by atoms with E-state index in [1.807, 2.05) is 37.6 Å². The average molecular weight is 440 g/mol. The van der Waals surface area contributed by atoms with Crippen LogP contribution in [0.3, 0.4) is 0 Å². The molecule has 0 aromatic heterocycles. The summed E-state index contributed by atoms with van der Waals surface area (Å²) in [6.45, 7) is 3.03. The number of halogens is 1. The molecule has 0 fully saturated rings. The second-order valence-electron chi connectivity index (χ2n) is 7.52. The molecule has 0 saturated heterocycles. The van der Waals surface area contributed by atoms with E-state index in [0.29, 0.717) is 17.6 Å². The number of quaternary nitrogens is 1. The molecule has 0 saturated carbocycles. The summed E-state index contributed by atoms with van der Waals surface area (Å²) in [5.74, 6) is 0.301. The van der Waals surface area contributed by atoms with Gasteiger partial charge in [-0.2, -0.15) is 4.99 Å². The number of hydrogen-bond acceptors (Lipinski definition) is 4. The number of amidine groups is 1. The van der Waals surface area contributed by atoms with Crippen LogP contribution in [0.1, 0.15) is 25.3 Å². The quantitative estimate of drug-likeness (QED) is 0.424.